The molecular weight excluding hydrogens is 218 g/mol. The molecule has 1 aliphatic heterocycles. The molecule has 0 bridgehead atoms. The van der Waals surface area contributed by atoms with Gasteiger partial charge in [-0.05, 0) is 30.2 Å². The van der Waals surface area contributed by atoms with Gasteiger partial charge in [0, 0.05) is 13.0 Å². The molecule has 1 amide bonds. The Morgan fingerprint density at radius 1 is 1.47 bits per heavy atom. The molecule has 2 rings (SSSR count). The molecule has 1 fully saturated rings. The Labute approximate surface area is 91.8 Å². The van der Waals surface area contributed by atoms with Gasteiger partial charge in [0.05, 0.1) is 6.54 Å². The van der Waals surface area contributed by atoms with E-state index < -0.39 is 0 Å². The van der Waals surface area contributed by atoms with E-state index in [1.807, 2.05) is 0 Å². The number of rotatable bonds is 1. The van der Waals surface area contributed by atoms with Crippen LogP contribution in [0.1, 0.15) is 23.4 Å². The van der Waals surface area contributed by atoms with Gasteiger partial charge in [-0.2, -0.15) is 0 Å². The molecule has 0 atom stereocenters. The molecule has 0 unspecified atom stereocenters. The Kier molecular flexibility index (Phi) is 2.77. The highest BCUT2D eigenvalue weighted by atomic mass is 35.5. The Morgan fingerprint density at radius 3 is 2.87 bits per heavy atom. The molecular formula is C10H10ClNO3. The highest BCUT2D eigenvalue weighted by Gasteiger charge is 2.24. The van der Waals surface area contributed by atoms with Gasteiger partial charge in [0.2, 0.25) is 0 Å². The van der Waals surface area contributed by atoms with E-state index in [9.17, 15) is 9.59 Å². The topological polar surface area (TPSA) is 50.5 Å². The summed E-state index contributed by atoms with van der Waals surface area (Å²) < 4.78 is 5.00. The van der Waals surface area contributed by atoms with Crippen molar-refractivity contribution in [3.05, 3.63) is 23.1 Å². The molecule has 1 aromatic rings. The van der Waals surface area contributed by atoms with Gasteiger partial charge >= 0.3 is 0 Å². The average Bonchev–Trinajstić information content (AvgIpc) is 2.64. The van der Waals surface area contributed by atoms with Gasteiger partial charge in [0.15, 0.2) is 16.8 Å². The molecule has 0 spiro atoms. The summed E-state index contributed by atoms with van der Waals surface area (Å²) in [6, 6.07) is 3.03. The van der Waals surface area contributed by atoms with Crippen LogP contribution in [0.2, 0.25) is 5.22 Å². The number of carbonyl (C=O) groups is 2. The summed E-state index contributed by atoms with van der Waals surface area (Å²) in [4.78, 5) is 24.4. The van der Waals surface area contributed by atoms with Gasteiger partial charge in [0.1, 0.15) is 0 Å². The van der Waals surface area contributed by atoms with Gasteiger partial charge in [-0.15, -0.1) is 0 Å². The van der Waals surface area contributed by atoms with Crippen molar-refractivity contribution in [2.45, 2.75) is 12.8 Å². The van der Waals surface area contributed by atoms with Crippen LogP contribution in [0.25, 0.3) is 0 Å². The number of Topliss-reactive ketones (excluding diaryl/α,β-unsaturated/α-hetero) is 1. The van der Waals surface area contributed by atoms with Crippen molar-refractivity contribution in [2.75, 3.05) is 13.1 Å². The normalized spacial score (nSPS) is 16.9. The third-order valence-electron chi connectivity index (χ3n) is 2.32. The minimum atomic E-state index is -0.269. The maximum absolute atomic E-state index is 11.8. The Hall–Kier alpha value is -1.29. The largest absolute Gasteiger partial charge is 0.440 e. The highest BCUT2D eigenvalue weighted by molar-refractivity contribution is 6.29. The SMILES string of the molecule is O=C1CCCN(C(=O)c2ccc(Cl)o2)C1. The second-order valence-corrected chi connectivity index (χ2v) is 3.85. The number of likely N-dealkylation sites (tertiary alicyclic amines) is 1. The van der Waals surface area contributed by atoms with Crippen LogP contribution < -0.4 is 0 Å². The van der Waals surface area contributed by atoms with Crippen molar-refractivity contribution >= 4 is 23.3 Å². The smallest absolute Gasteiger partial charge is 0.290 e. The number of hydrogen-bond donors (Lipinski definition) is 0. The van der Waals surface area contributed by atoms with Crippen LogP contribution in [0.3, 0.4) is 0 Å². The fourth-order valence-corrected chi connectivity index (χ4v) is 1.74. The molecule has 15 heavy (non-hydrogen) atoms. The minimum Gasteiger partial charge on any atom is -0.440 e. The zero-order valence-electron chi connectivity index (χ0n) is 8.03. The third kappa shape index (κ3) is 2.21. The number of piperidine rings is 1. The van der Waals surface area contributed by atoms with Gasteiger partial charge in [-0.25, -0.2) is 0 Å². The number of furan rings is 1. The second kappa shape index (κ2) is 4.06. The highest BCUT2D eigenvalue weighted by Crippen LogP contribution is 2.16. The lowest BCUT2D eigenvalue weighted by atomic mass is 10.1. The van der Waals surface area contributed by atoms with Gasteiger partial charge in [0.25, 0.3) is 5.91 Å². The van der Waals surface area contributed by atoms with Crippen molar-refractivity contribution in [1.29, 1.82) is 0 Å². The number of nitrogens with zero attached hydrogens (tertiary/aromatic N) is 1. The van der Waals surface area contributed by atoms with Crippen molar-refractivity contribution < 1.29 is 14.0 Å². The summed E-state index contributed by atoms with van der Waals surface area (Å²) in [5, 5.41) is 0.182. The molecule has 0 N–H and O–H groups in total. The summed E-state index contributed by atoms with van der Waals surface area (Å²) in [6.45, 7) is 0.778. The van der Waals surface area contributed by atoms with Gasteiger partial charge in [-0.3, -0.25) is 9.59 Å². The lowest BCUT2D eigenvalue weighted by molar-refractivity contribution is -0.121. The van der Waals surface area contributed by atoms with Crippen molar-refractivity contribution in [1.82, 2.24) is 4.90 Å². The first-order valence-electron chi connectivity index (χ1n) is 4.73. The number of carbonyl (C=O) groups excluding carboxylic acids is 2. The van der Waals surface area contributed by atoms with Crippen LogP contribution in [-0.2, 0) is 4.79 Å². The van der Waals surface area contributed by atoms with Crippen LogP contribution >= 0.6 is 11.6 Å². The molecule has 1 aliphatic rings. The number of ketones is 1. The van der Waals surface area contributed by atoms with E-state index in [2.05, 4.69) is 0 Å². The van der Waals surface area contributed by atoms with E-state index in [4.69, 9.17) is 16.0 Å². The third-order valence-corrected chi connectivity index (χ3v) is 2.53. The molecule has 5 heteroatoms. The summed E-state index contributed by atoms with van der Waals surface area (Å²) in [7, 11) is 0. The molecule has 0 saturated carbocycles. The number of amides is 1. The average molecular weight is 228 g/mol. The van der Waals surface area contributed by atoms with Gasteiger partial charge < -0.3 is 9.32 Å². The lowest BCUT2D eigenvalue weighted by Gasteiger charge is -2.24. The summed E-state index contributed by atoms with van der Waals surface area (Å²) in [6.07, 6.45) is 1.28. The van der Waals surface area contributed by atoms with Gasteiger partial charge in [-0.1, -0.05) is 0 Å². The van der Waals surface area contributed by atoms with E-state index in [1.54, 1.807) is 0 Å². The minimum absolute atomic E-state index is 0.0900. The van der Waals surface area contributed by atoms with E-state index in [-0.39, 0.29) is 29.2 Å². The standard InChI is InChI=1S/C10H10ClNO3/c11-9-4-3-8(15-9)10(14)12-5-1-2-7(13)6-12/h3-4H,1-2,5-6H2. The van der Waals surface area contributed by atoms with E-state index >= 15 is 0 Å². The molecule has 80 valence electrons. The maximum atomic E-state index is 11.8. The van der Waals surface area contributed by atoms with E-state index in [0.29, 0.717) is 13.0 Å². The first-order chi connectivity index (χ1) is 7.16. The number of halogens is 1. The zero-order chi connectivity index (χ0) is 10.8. The van der Waals surface area contributed by atoms with E-state index in [1.165, 1.54) is 17.0 Å². The molecule has 1 saturated heterocycles. The predicted octanol–water partition coefficient (Wildman–Crippen LogP) is 1.74. The maximum Gasteiger partial charge on any atom is 0.290 e. The molecule has 0 aliphatic carbocycles. The Morgan fingerprint density at radius 2 is 2.27 bits per heavy atom. The summed E-state index contributed by atoms with van der Waals surface area (Å²) in [5.74, 6) is 0.0110. The zero-order valence-corrected chi connectivity index (χ0v) is 8.79. The Balaban J connectivity index is 2.10. The van der Waals surface area contributed by atoms with Crippen molar-refractivity contribution in [3.63, 3.8) is 0 Å². The summed E-state index contributed by atoms with van der Waals surface area (Å²) >= 11 is 5.57. The molecule has 0 aromatic carbocycles. The molecule has 0 radical (unpaired) electrons. The predicted molar refractivity (Wildman–Crippen MR) is 53.9 cm³/mol. The fourth-order valence-electron chi connectivity index (χ4n) is 1.60. The molecule has 1 aromatic heterocycles. The van der Waals surface area contributed by atoms with Crippen LogP contribution in [0.4, 0.5) is 0 Å². The Bertz CT molecular complexity index is 399. The van der Waals surface area contributed by atoms with Crippen LogP contribution in [0.5, 0.6) is 0 Å². The van der Waals surface area contributed by atoms with Crippen molar-refractivity contribution in [3.8, 4) is 0 Å². The fraction of sp³-hybridized carbons (Fsp3) is 0.400. The number of hydrogen-bond acceptors (Lipinski definition) is 3. The van der Waals surface area contributed by atoms with Crippen molar-refractivity contribution in [2.24, 2.45) is 0 Å². The van der Waals surface area contributed by atoms with Crippen LogP contribution in [-0.4, -0.2) is 29.7 Å². The van der Waals surface area contributed by atoms with Crippen LogP contribution in [0, 0.1) is 0 Å². The first kappa shape index (κ1) is 10.2. The lowest BCUT2D eigenvalue weighted by Crippen LogP contribution is -2.39. The monoisotopic (exact) mass is 227 g/mol. The molecule has 2 heterocycles. The van der Waals surface area contributed by atoms with Crippen LogP contribution in [0.15, 0.2) is 16.5 Å². The first-order valence-corrected chi connectivity index (χ1v) is 5.11. The van der Waals surface area contributed by atoms with E-state index in [0.717, 1.165) is 6.42 Å². The second-order valence-electron chi connectivity index (χ2n) is 3.47. The quantitative estimate of drug-likeness (QED) is 0.734. The summed E-state index contributed by atoms with van der Waals surface area (Å²) in [5.41, 5.74) is 0. The molecule has 4 nitrogen and oxygen atoms in total.